The van der Waals surface area contributed by atoms with E-state index in [-0.39, 0.29) is 18.4 Å². The van der Waals surface area contributed by atoms with Gasteiger partial charge in [-0.05, 0) is 77.4 Å². The van der Waals surface area contributed by atoms with Crippen LogP contribution in [-0.2, 0) is 20.3 Å². The van der Waals surface area contributed by atoms with Crippen molar-refractivity contribution in [3.05, 3.63) is 150 Å². The summed E-state index contributed by atoms with van der Waals surface area (Å²) in [7, 11) is 1.99. The standard InChI is InChI=1S/C42H39FN2O4/c1-44-39-24-37(49-29-31-10-6-3-7-11-31)20-21-38(39)40(41(44)33-12-16-36(17-13-33)48-28-30-8-4-2-5-9-30)42(46)34-14-18-35(19-15-34)47-23-22-45-26-32(25-43)27-45/h2-21,24,32H,22-23,25-29H2,1H3. The van der Waals surface area contributed by atoms with Gasteiger partial charge in [0.15, 0.2) is 5.78 Å². The smallest absolute Gasteiger partial charge is 0.195 e. The fourth-order valence-corrected chi connectivity index (χ4v) is 6.36. The number of hydrogen-bond donors (Lipinski definition) is 0. The molecule has 1 saturated heterocycles. The Morgan fingerprint density at radius 1 is 0.714 bits per heavy atom. The maximum absolute atomic E-state index is 14.4. The van der Waals surface area contributed by atoms with E-state index in [0.29, 0.717) is 36.7 Å². The van der Waals surface area contributed by atoms with Crippen LogP contribution in [0.25, 0.3) is 22.2 Å². The average Bonchev–Trinajstić information content (AvgIpc) is 3.43. The van der Waals surface area contributed by atoms with Crippen LogP contribution in [0.1, 0.15) is 27.0 Å². The first-order chi connectivity index (χ1) is 24.1. The van der Waals surface area contributed by atoms with Gasteiger partial charge in [0.05, 0.1) is 23.4 Å². The molecule has 0 atom stereocenters. The summed E-state index contributed by atoms with van der Waals surface area (Å²) in [6.45, 7) is 3.49. The minimum Gasteiger partial charge on any atom is -0.492 e. The van der Waals surface area contributed by atoms with Gasteiger partial charge in [-0.3, -0.25) is 14.1 Å². The van der Waals surface area contributed by atoms with Gasteiger partial charge in [-0.2, -0.15) is 0 Å². The zero-order valence-electron chi connectivity index (χ0n) is 27.6. The molecule has 2 heterocycles. The summed E-state index contributed by atoms with van der Waals surface area (Å²) in [5.41, 5.74) is 5.99. The molecule has 6 aromatic rings. The fraction of sp³-hybridized carbons (Fsp3) is 0.214. The molecular formula is C42H39FN2O4. The monoisotopic (exact) mass is 654 g/mol. The van der Waals surface area contributed by atoms with Gasteiger partial charge in [0, 0.05) is 49.6 Å². The highest BCUT2D eigenvalue weighted by molar-refractivity contribution is 6.20. The van der Waals surface area contributed by atoms with Crippen LogP contribution in [0.2, 0.25) is 0 Å². The third-order valence-electron chi connectivity index (χ3n) is 9.07. The second-order valence-corrected chi connectivity index (χ2v) is 12.5. The summed E-state index contributed by atoms with van der Waals surface area (Å²) in [4.78, 5) is 16.5. The SMILES string of the molecule is Cn1c(-c2ccc(OCc3ccccc3)cc2)c(C(=O)c2ccc(OCCN3CC(CF)C3)cc2)c2ccc(OCc3ccccc3)cc21. The molecule has 49 heavy (non-hydrogen) atoms. The number of carbonyl (C=O) groups is 1. The van der Waals surface area contributed by atoms with Crippen LogP contribution >= 0.6 is 0 Å². The van der Waals surface area contributed by atoms with Crippen LogP contribution < -0.4 is 14.2 Å². The molecule has 7 rings (SSSR count). The van der Waals surface area contributed by atoms with Gasteiger partial charge in [0.1, 0.15) is 37.1 Å². The van der Waals surface area contributed by atoms with Crippen LogP contribution in [0, 0.1) is 5.92 Å². The van der Waals surface area contributed by atoms with E-state index in [4.69, 9.17) is 14.2 Å². The number of fused-ring (bicyclic) bond motifs is 1. The Balaban J connectivity index is 1.15. The number of aryl methyl sites for hydroxylation is 1. The third kappa shape index (κ3) is 7.37. The molecule has 1 aromatic heterocycles. The van der Waals surface area contributed by atoms with Gasteiger partial charge < -0.3 is 18.8 Å². The molecule has 0 bridgehead atoms. The second-order valence-electron chi connectivity index (χ2n) is 12.5. The number of carbonyl (C=O) groups excluding carboxylic acids is 1. The summed E-state index contributed by atoms with van der Waals surface area (Å²) in [6.07, 6.45) is 0. The van der Waals surface area contributed by atoms with E-state index in [1.807, 2.05) is 134 Å². The number of ketones is 1. The maximum Gasteiger partial charge on any atom is 0.195 e. The Labute approximate surface area is 286 Å². The van der Waals surface area contributed by atoms with Gasteiger partial charge in [-0.15, -0.1) is 0 Å². The van der Waals surface area contributed by atoms with E-state index in [0.717, 1.165) is 64.4 Å². The Morgan fingerprint density at radius 3 is 1.92 bits per heavy atom. The van der Waals surface area contributed by atoms with E-state index in [2.05, 4.69) is 9.47 Å². The summed E-state index contributed by atoms with van der Waals surface area (Å²) in [6, 6.07) is 41.2. The van der Waals surface area contributed by atoms with Crippen molar-refractivity contribution in [2.24, 2.45) is 13.0 Å². The van der Waals surface area contributed by atoms with Crippen molar-refractivity contribution in [2.45, 2.75) is 13.2 Å². The molecule has 1 aliphatic heterocycles. The van der Waals surface area contributed by atoms with Crippen LogP contribution in [-0.4, -0.2) is 48.2 Å². The van der Waals surface area contributed by atoms with Crippen LogP contribution in [0.4, 0.5) is 4.39 Å². The van der Waals surface area contributed by atoms with Crippen molar-refractivity contribution in [3.8, 4) is 28.5 Å². The largest absolute Gasteiger partial charge is 0.492 e. The average molecular weight is 655 g/mol. The van der Waals surface area contributed by atoms with E-state index in [9.17, 15) is 9.18 Å². The second kappa shape index (κ2) is 14.8. The molecule has 0 amide bonds. The van der Waals surface area contributed by atoms with E-state index >= 15 is 0 Å². The van der Waals surface area contributed by atoms with Crippen molar-refractivity contribution in [1.82, 2.24) is 9.47 Å². The number of ether oxygens (including phenoxy) is 3. The van der Waals surface area contributed by atoms with Crippen molar-refractivity contribution < 1.29 is 23.4 Å². The molecule has 0 radical (unpaired) electrons. The minimum atomic E-state index is -0.261. The number of likely N-dealkylation sites (tertiary alicyclic amines) is 1. The molecule has 5 aromatic carbocycles. The lowest BCUT2D eigenvalue weighted by Gasteiger charge is -2.37. The topological polar surface area (TPSA) is 52.9 Å². The number of rotatable bonds is 14. The molecule has 0 aliphatic carbocycles. The van der Waals surface area contributed by atoms with E-state index < -0.39 is 0 Å². The number of nitrogens with zero attached hydrogens (tertiary/aromatic N) is 2. The first-order valence-electron chi connectivity index (χ1n) is 16.7. The number of halogens is 1. The summed E-state index contributed by atoms with van der Waals surface area (Å²) < 4.78 is 33.0. The molecule has 1 aliphatic rings. The van der Waals surface area contributed by atoms with Crippen LogP contribution in [0.15, 0.2) is 127 Å². The Bertz CT molecular complexity index is 2000. The molecule has 0 spiro atoms. The number of hydrogen-bond acceptors (Lipinski definition) is 5. The van der Waals surface area contributed by atoms with Gasteiger partial charge in [0.25, 0.3) is 0 Å². The highest BCUT2D eigenvalue weighted by atomic mass is 19.1. The van der Waals surface area contributed by atoms with Crippen molar-refractivity contribution in [2.75, 3.05) is 32.9 Å². The normalized spacial score (nSPS) is 13.3. The molecule has 1 fully saturated rings. The number of alkyl halides is 1. The highest BCUT2D eigenvalue weighted by Gasteiger charge is 2.26. The quantitative estimate of drug-likeness (QED) is 0.110. The molecule has 0 saturated carbocycles. The maximum atomic E-state index is 14.4. The summed E-state index contributed by atoms with van der Waals surface area (Å²) in [5.74, 6) is 2.26. The lowest BCUT2D eigenvalue weighted by molar-refractivity contribution is 0.0668. The molecule has 0 N–H and O–H groups in total. The lowest BCUT2D eigenvalue weighted by Crippen LogP contribution is -2.49. The first-order valence-corrected chi connectivity index (χ1v) is 16.7. The third-order valence-corrected chi connectivity index (χ3v) is 9.07. The lowest BCUT2D eigenvalue weighted by atomic mass is 9.97. The number of benzene rings is 5. The van der Waals surface area contributed by atoms with Crippen LogP contribution in [0.5, 0.6) is 17.2 Å². The molecule has 6 nitrogen and oxygen atoms in total. The van der Waals surface area contributed by atoms with Crippen molar-refractivity contribution in [1.29, 1.82) is 0 Å². The summed E-state index contributed by atoms with van der Waals surface area (Å²) >= 11 is 0. The van der Waals surface area contributed by atoms with Gasteiger partial charge in [-0.25, -0.2) is 0 Å². The Kier molecular flexibility index (Phi) is 9.71. The van der Waals surface area contributed by atoms with E-state index in [1.165, 1.54) is 0 Å². The fourth-order valence-electron chi connectivity index (χ4n) is 6.36. The van der Waals surface area contributed by atoms with Crippen LogP contribution in [0.3, 0.4) is 0 Å². The summed E-state index contributed by atoms with van der Waals surface area (Å²) in [5, 5.41) is 0.848. The van der Waals surface area contributed by atoms with Crippen molar-refractivity contribution >= 4 is 16.7 Å². The van der Waals surface area contributed by atoms with Crippen molar-refractivity contribution in [3.63, 3.8) is 0 Å². The zero-order valence-corrected chi connectivity index (χ0v) is 27.6. The van der Waals surface area contributed by atoms with Gasteiger partial charge in [-0.1, -0.05) is 60.7 Å². The van der Waals surface area contributed by atoms with Gasteiger partial charge in [0.2, 0.25) is 0 Å². The highest BCUT2D eigenvalue weighted by Crippen LogP contribution is 2.37. The molecule has 0 unspecified atom stereocenters. The van der Waals surface area contributed by atoms with E-state index in [1.54, 1.807) is 0 Å². The Hall–Kier alpha value is -5.40. The minimum absolute atomic E-state index is 0.0765. The first kappa shape index (κ1) is 32.2. The number of aromatic nitrogens is 1. The molecule has 7 heteroatoms. The molecular weight excluding hydrogens is 615 g/mol. The molecule has 248 valence electrons. The van der Waals surface area contributed by atoms with Gasteiger partial charge >= 0.3 is 0 Å². The Morgan fingerprint density at radius 2 is 1.29 bits per heavy atom. The predicted molar refractivity (Wildman–Crippen MR) is 191 cm³/mol. The predicted octanol–water partition coefficient (Wildman–Crippen LogP) is 8.51. The zero-order chi connectivity index (χ0) is 33.6.